The number of carbonyl (C=O) groups is 2. The minimum atomic E-state index is -1.02. The second kappa shape index (κ2) is 8.87. The second-order valence-corrected chi connectivity index (χ2v) is 5.89. The molecule has 1 unspecified atom stereocenters. The number of amides is 1. The highest BCUT2D eigenvalue weighted by Gasteiger charge is 2.11. The molecular weight excluding hydrogens is 318 g/mol. The molecule has 0 aliphatic carbocycles. The number of hydrogen-bond acceptors (Lipinski definition) is 3. The highest BCUT2D eigenvalue weighted by molar-refractivity contribution is 5.94. The molecule has 0 aliphatic rings. The molecule has 0 fully saturated rings. The Morgan fingerprint density at radius 2 is 1.72 bits per heavy atom. The minimum absolute atomic E-state index is 0.123. The monoisotopic (exact) mass is 341 g/mol. The van der Waals surface area contributed by atoms with E-state index in [1.807, 2.05) is 43.3 Å². The number of hydrogen-bond donors (Lipinski definition) is 2. The van der Waals surface area contributed by atoms with E-state index in [1.165, 1.54) is 5.56 Å². The van der Waals surface area contributed by atoms with Crippen LogP contribution in [0.3, 0.4) is 0 Å². The maximum absolute atomic E-state index is 12.3. The molecule has 2 aromatic carbocycles. The van der Waals surface area contributed by atoms with Gasteiger partial charge in [0.2, 0.25) is 0 Å². The van der Waals surface area contributed by atoms with Crippen molar-refractivity contribution in [2.24, 2.45) is 0 Å². The van der Waals surface area contributed by atoms with E-state index < -0.39 is 5.97 Å². The number of carboxylic acids is 1. The van der Waals surface area contributed by atoms with Crippen molar-refractivity contribution < 1.29 is 19.4 Å². The summed E-state index contributed by atoms with van der Waals surface area (Å²) in [7, 11) is 0. The molecule has 0 radical (unpaired) electrons. The van der Waals surface area contributed by atoms with Crippen LogP contribution in [-0.2, 0) is 11.2 Å². The van der Waals surface area contributed by atoms with Gasteiger partial charge in [-0.2, -0.15) is 0 Å². The molecule has 0 spiro atoms. The molecule has 25 heavy (non-hydrogen) atoms. The molecule has 0 saturated heterocycles. The van der Waals surface area contributed by atoms with Gasteiger partial charge in [-0.15, -0.1) is 0 Å². The summed E-state index contributed by atoms with van der Waals surface area (Å²) < 4.78 is 5.10. The van der Waals surface area contributed by atoms with Crippen molar-refractivity contribution in [2.75, 3.05) is 6.61 Å². The third-order valence-corrected chi connectivity index (χ3v) is 3.84. The first-order chi connectivity index (χ1) is 12.0. The van der Waals surface area contributed by atoms with E-state index in [1.54, 1.807) is 12.1 Å². The van der Waals surface area contributed by atoms with Crippen molar-refractivity contribution in [3.63, 3.8) is 0 Å². The largest absolute Gasteiger partial charge is 0.482 e. The maximum atomic E-state index is 12.3. The fourth-order valence-corrected chi connectivity index (χ4v) is 2.47. The molecule has 5 nitrogen and oxygen atoms in total. The van der Waals surface area contributed by atoms with Crippen LogP contribution in [0.1, 0.15) is 47.8 Å². The predicted molar refractivity (Wildman–Crippen MR) is 95.9 cm³/mol. The fourth-order valence-electron chi connectivity index (χ4n) is 2.47. The molecule has 0 heterocycles. The number of carboxylic acid groups (broad SMARTS) is 1. The van der Waals surface area contributed by atoms with E-state index in [0.29, 0.717) is 11.3 Å². The van der Waals surface area contributed by atoms with Crippen LogP contribution in [0, 0.1) is 0 Å². The van der Waals surface area contributed by atoms with Crippen molar-refractivity contribution in [2.45, 2.75) is 32.7 Å². The number of carbonyl (C=O) groups excluding carboxylic acids is 1. The van der Waals surface area contributed by atoms with Crippen LogP contribution in [0.25, 0.3) is 0 Å². The molecule has 0 saturated carbocycles. The molecule has 0 bridgehead atoms. The van der Waals surface area contributed by atoms with Crippen molar-refractivity contribution >= 4 is 11.9 Å². The van der Waals surface area contributed by atoms with Crippen molar-refractivity contribution in [3.05, 3.63) is 65.2 Å². The van der Waals surface area contributed by atoms with Crippen molar-refractivity contribution in [1.29, 1.82) is 0 Å². The van der Waals surface area contributed by atoms with E-state index in [-0.39, 0.29) is 18.6 Å². The molecule has 2 aromatic rings. The molecular formula is C20H23NO4. The van der Waals surface area contributed by atoms with Gasteiger partial charge in [0.25, 0.3) is 5.91 Å². The van der Waals surface area contributed by atoms with E-state index in [2.05, 4.69) is 12.2 Å². The average Bonchev–Trinajstić information content (AvgIpc) is 2.61. The Morgan fingerprint density at radius 1 is 1.08 bits per heavy atom. The summed E-state index contributed by atoms with van der Waals surface area (Å²) >= 11 is 0. The van der Waals surface area contributed by atoms with Crippen LogP contribution in [-0.4, -0.2) is 23.6 Å². The zero-order chi connectivity index (χ0) is 18.2. The smallest absolute Gasteiger partial charge is 0.341 e. The first-order valence-corrected chi connectivity index (χ1v) is 8.34. The van der Waals surface area contributed by atoms with E-state index in [0.717, 1.165) is 18.4 Å². The number of benzene rings is 2. The predicted octanol–water partition coefficient (Wildman–Crippen LogP) is 3.59. The summed E-state index contributed by atoms with van der Waals surface area (Å²) in [6.07, 6.45) is 2.09. The first-order valence-electron chi connectivity index (χ1n) is 8.34. The fraction of sp³-hybridized carbons (Fsp3) is 0.300. The highest BCUT2D eigenvalue weighted by Crippen LogP contribution is 2.18. The van der Waals surface area contributed by atoms with Crippen LogP contribution in [0.2, 0.25) is 0 Å². The Bertz CT molecular complexity index is 707. The Kier molecular flexibility index (Phi) is 6.57. The number of aliphatic carboxylic acids is 1. The number of ether oxygens (including phenoxy) is 1. The van der Waals surface area contributed by atoms with E-state index in [4.69, 9.17) is 9.84 Å². The van der Waals surface area contributed by atoms with Crippen LogP contribution >= 0.6 is 0 Å². The topological polar surface area (TPSA) is 75.6 Å². The number of rotatable bonds is 8. The van der Waals surface area contributed by atoms with Crippen LogP contribution in [0.15, 0.2) is 48.5 Å². The Hall–Kier alpha value is -2.82. The first kappa shape index (κ1) is 18.5. The zero-order valence-electron chi connectivity index (χ0n) is 14.5. The number of nitrogens with one attached hydrogen (secondary N) is 1. The maximum Gasteiger partial charge on any atom is 0.341 e. The molecule has 132 valence electrons. The molecule has 2 N–H and O–H groups in total. The lowest BCUT2D eigenvalue weighted by Gasteiger charge is -2.15. The third-order valence-electron chi connectivity index (χ3n) is 3.84. The van der Waals surface area contributed by atoms with Gasteiger partial charge in [-0.05, 0) is 48.7 Å². The van der Waals surface area contributed by atoms with Gasteiger partial charge in [-0.3, -0.25) is 4.79 Å². The molecule has 0 aromatic heterocycles. The van der Waals surface area contributed by atoms with Crippen LogP contribution in [0.4, 0.5) is 0 Å². The standard InChI is InChI=1S/C20H23NO4/c1-3-4-15-5-7-17(8-6-15)20(24)21-14(2)16-9-11-18(12-10-16)25-13-19(22)23/h5-12,14H,3-4,13H2,1-2H3,(H,21,24)(H,22,23). The van der Waals surface area contributed by atoms with E-state index in [9.17, 15) is 9.59 Å². The summed E-state index contributed by atoms with van der Waals surface area (Å²) in [5.74, 6) is -0.660. The molecule has 5 heteroatoms. The van der Waals surface area contributed by atoms with Gasteiger partial charge in [-0.1, -0.05) is 37.6 Å². The van der Waals surface area contributed by atoms with Gasteiger partial charge in [0.1, 0.15) is 5.75 Å². The summed E-state index contributed by atoms with van der Waals surface area (Å²) in [5.41, 5.74) is 2.77. The van der Waals surface area contributed by atoms with Crippen molar-refractivity contribution in [3.8, 4) is 5.75 Å². The van der Waals surface area contributed by atoms with Gasteiger partial charge in [0, 0.05) is 5.56 Å². The zero-order valence-corrected chi connectivity index (χ0v) is 14.5. The third kappa shape index (κ3) is 5.64. The molecule has 0 aliphatic heterocycles. The Labute approximate surface area is 147 Å². The summed E-state index contributed by atoms with van der Waals surface area (Å²) in [5, 5.41) is 11.6. The normalized spacial score (nSPS) is 11.6. The SMILES string of the molecule is CCCc1ccc(C(=O)NC(C)c2ccc(OCC(=O)O)cc2)cc1. The number of aryl methyl sites for hydroxylation is 1. The summed E-state index contributed by atoms with van der Waals surface area (Å²) in [6, 6.07) is 14.5. The van der Waals surface area contributed by atoms with Crippen LogP contribution < -0.4 is 10.1 Å². The van der Waals surface area contributed by atoms with Gasteiger partial charge in [0.05, 0.1) is 6.04 Å². The Morgan fingerprint density at radius 3 is 2.28 bits per heavy atom. The lowest BCUT2D eigenvalue weighted by atomic mass is 10.1. The summed E-state index contributed by atoms with van der Waals surface area (Å²) in [4.78, 5) is 22.8. The second-order valence-electron chi connectivity index (χ2n) is 5.89. The summed E-state index contributed by atoms with van der Waals surface area (Å²) in [6.45, 7) is 3.65. The van der Waals surface area contributed by atoms with Gasteiger partial charge in [0.15, 0.2) is 6.61 Å². The molecule has 2 rings (SSSR count). The van der Waals surface area contributed by atoms with Gasteiger partial charge in [-0.25, -0.2) is 4.79 Å². The molecule has 1 amide bonds. The van der Waals surface area contributed by atoms with Crippen molar-refractivity contribution in [1.82, 2.24) is 5.32 Å². The van der Waals surface area contributed by atoms with Crippen LogP contribution in [0.5, 0.6) is 5.75 Å². The van der Waals surface area contributed by atoms with E-state index >= 15 is 0 Å². The van der Waals surface area contributed by atoms with Gasteiger partial charge >= 0.3 is 5.97 Å². The minimum Gasteiger partial charge on any atom is -0.482 e. The average molecular weight is 341 g/mol. The lowest BCUT2D eigenvalue weighted by molar-refractivity contribution is -0.139. The van der Waals surface area contributed by atoms with Gasteiger partial charge < -0.3 is 15.2 Å². The quantitative estimate of drug-likeness (QED) is 0.769. The molecule has 1 atom stereocenters. The Balaban J connectivity index is 1.94. The lowest BCUT2D eigenvalue weighted by Crippen LogP contribution is -2.26. The highest BCUT2D eigenvalue weighted by atomic mass is 16.5.